The Morgan fingerprint density at radius 1 is 0.946 bits per heavy atom. The molecule has 5 nitrogen and oxygen atoms in total. The van der Waals surface area contributed by atoms with Crippen molar-refractivity contribution in [3.63, 3.8) is 0 Å². The van der Waals surface area contributed by atoms with Crippen LogP contribution in [0, 0.1) is 0 Å². The lowest BCUT2D eigenvalue weighted by Gasteiger charge is -2.37. The van der Waals surface area contributed by atoms with Crippen molar-refractivity contribution in [1.29, 1.82) is 0 Å². The van der Waals surface area contributed by atoms with Gasteiger partial charge in [0.15, 0.2) is 0 Å². The fourth-order valence-corrected chi connectivity index (χ4v) is 5.42. The number of nitrogens with zero attached hydrogens (tertiary/aromatic N) is 2. The van der Waals surface area contributed by atoms with E-state index in [-0.39, 0.29) is 18.5 Å². The van der Waals surface area contributed by atoms with Gasteiger partial charge >= 0.3 is 6.09 Å². The normalized spacial score (nSPS) is 12.5. The zero-order valence-corrected chi connectivity index (χ0v) is 24.5. The molecule has 1 aliphatic heterocycles. The first-order chi connectivity index (χ1) is 17.3. The van der Waals surface area contributed by atoms with E-state index in [1.54, 1.807) is 38.1 Å². The number of likely N-dealkylation sites (N-methyl/N-ethyl adjacent to an activating group) is 1. The van der Waals surface area contributed by atoms with Gasteiger partial charge in [-0.05, 0) is 76.3 Å². The molecule has 37 heavy (non-hydrogen) atoms. The average Bonchev–Trinajstić information content (AvgIpc) is 2.84. The van der Waals surface area contributed by atoms with Crippen LogP contribution in [0.15, 0.2) is 82.6 Å². The van der Waals surface area contributed by atoms with Crippen molar-refractivity contribution >= 4 is 58.9 Å². The van der Waals surface area contributed by atoms with Gasteiger partial charge in [-0.1, -0.05) is 67.5 Å². The zero-order chi connectivity index (χ0) is 26.1. The molecule has 0 radical (unpaired) electrons. The number of anilines is 3. The zero-order valence-electron chi connectivity index (χ0n) is 22.1. The minimum absolute atomic E-state index is 0. The molecule has 0 saturated carbocycles. The molecule has 0 aromatic heterocycles. The fourth-order valence-electron chi connectivity index (χ4n) is 4.13. The molecular formula is C29H37Cl2N3O2S. The van der Waals surface area contributed by atoms with Crippen LogP contribution in [0.2, 0.25) is 5.02 Å². The molecule has 0 spiro atoms. The monoisotopic (exact) mass is 561 g/mol. The molecule has 3 aromatic carbocycles. The molecule has 1 aliphatic rings. The summed E-state index contributed by atoms with van der Waals surface area (Å²) in [5, 5.41) is 3.14. The Hall–Kier alpha value is -2.38. The highest BCUT2D eigenvalue weighted by Crippen LogP contribution is 2.47. The standard InChI is InChI=1S/C19H24N2S.C10H12ClNO2.ClH/c1-4-20(5-2)15(3)14-21-16-10-6-8-12-18(16)22-19-13-9-7-11-17(19)21;1-7(2)14-10(13)12-9-5-3-4-8(11)6-9;/h6-13,15H,4-5,14H2,1-3H3;3-7H,1-2H3,(H,12,13);1H. The summed E-state index contributed by atoms with van der Waals surface area (Å²) in [6.45, 7) is 13.6. The molecule has 1 atom stereocenters. The SMILES string of the molecule is CC(C)OC(=O)Nc1cccc(Cl)c1.CCN(CC)C(C)CN1c2ccccc2Sc2ccccc21.Cl. The highest BCUT2D eigenvalue weighted by molar-refractivity contribution is 7.99. The summed E-state index contributed by atoms with van der Waals surface area (Å²) >= 11 is 7.62. The summed E-state index contributed by atoms with van der Waals surface area (Å²) in [5.74, 6) is 0. The number of halogens is 2. The van der Waals surface area contributed by atoms with Crippen LogP contribution in [0.1, 0.15) is 34.6 Å². The Labute approximate surface area is 236 Å². The van der Waals surface area contributed by atoms with E-state index in [4.69, 9.17) is 16.3 Å². The van der Waals surface area contributed by atoms with Gasteiger partial charge in [0.1, 0.15) is 0 Å². The maximum atomic E-state index is 11.2. The Bertz CT molecular complexity index is 1100. The summed E-state index contributed by atoms with van der Waals surface area (Å²) in [6, 6.07) is 24.9. The number of hydrogen-bond donors (Lipinski definition) is 1. The van der Waals surface area contributed by atoms with Gasteiger partial charge in [0.2, 0.25) is 0 Å². The van der Waals surface area contributed by atoms with Crippen LogP contribution >= 0.6 is 35.8 Å². The second kappa shape index (κ2) is 15.1. The summed E-state index contributed by atoms with van der Waals surface area (Å²) in [6.07, 6.45) is -0.601. The van der Waals surface area contributed by atoms with Crippen molar-refractivity contribution in [1.82, 2.24) is 4.90 Å². The molecule has 0 bridgehead atoms. The van der Waals surface area contributed by atoms with E-state index in [9.17, 15) is 4.79 Å². The lowest BCUT2D eigenvalue weighted by atomic mass is 10.1. The van der Waals surface area contributed by atoms with Gasteiger partial charge in [0.05, 0.1) is 17.5 Å². The van der Waals surface area contributed by atoms with E-state index >= 15 is 0 Å². The smallest absolute Gasteiger partial charge is 0.411 e. The van der Waals surface area contributed by atoms with E-state index in [1.807, 2.05) is 11.8 Å². The Morgan fingerprint density at radius 3 is 2.03 bits per heavy atom. The highest BCUT2D eigenvalue weighted by Gasteiger charge is 2.25. The van der Waals surface area contributed by atoms with E-state index in [2.05, 4.69) is 84.4 Å². The number of benzene rings is 3. The van der Waals surface area contributed by atoms with Crippen molar-refractivity contribution in [2.24, 2.45) is 0 Å². The second-order valence-electron chi connectivity index (χ2n) is 8.81. The number of ether oxygens (including phenoxy) is 1. The fraction of sp³-hybridized carbons (Fsp3) is 0.345. The van der Waals surface area contributed by atoms with Gasteiger partial charge in [0.25, 0.3) is 0 Å². The molecular weight excluding hydrogens is 525 g/mol. The molecule has 4 rings (SSSR count). The van der Waals surface area contributed by atoms with E-state index in [0.717, 1.165) is 19.6 Å². The van der Waals surface area contributed by atoms with Crippen molar-refractivity contribution in [2.45, 2.75) is 56.6 Å². The number of rotatable bonds is 7. The highest BCUT2D eigenvalue weighted by atomic mass is 35.5. The van der Waals surface area contributed by atoms with Gasteiger partial charge in [-0.2, -0.15) is 0 Å². The summed E-state index contributed by atoms with van der Waals surface area (Å²) in [5.41, 5.74) is 3.30. The maximum absolute atomic E-state index is 11.2. The van der Waals surface area contributed by atoms with Crippen LogP contribution in [0.25, 0.3) is 0 Å². The number of para-hydroxylation sites is 2. The van der Waals surface area contributed by atoms with Gasteiger partial charge in [0, 0.05) is 33.1 Å². The minimum atomic E-state index is -0.470. The van der Waals surface area contributed by atoms with Gasteiger partial charge in [-0.15, -0.1) is 12.4 Å². The van der Waals surface area contributed by atoms with Gasteiger partial charge in [-0.3, -0.25) is 10.2 Å². The third-order valence-corrected chi connectivity index (χ3v) is 7.19. The predicted molar refractivity (Wildman–Crippen MR) is 160 cm³/mol. The Balaban J connectivity index is 0.000000280. The van der Waals surface area contributed by atoms with Crippen molar-refractivity contribution < 1.29 is 9.53 Å². The molecule has 1 N–H and O–H groups in total. The van der Waals surface area contributed by atoms with E-state index in [1.165, 1.54) is 21.2 Å². The summed E-state index contributed by atoms with van der Waals surface area (Å²) in [4.78, 5) is 18.9. The number of amides is 1. The molecule has 8 heteroatoms. The van der Waals surface area contributed by atoms with Gasteiger partial charge in [-0.25, -0.2) is 4.79 Å². The number of hydrogen-bond acceptors (Lipinski definition) is 5. The molecule has 1 unspecified atom stereocenters. The van der Waals surface area contributed by atoms with Crippen molar-refractivity contribution in [2.75, 3.05) is 29.9 Å². The maximum Gasteiger partial charge on any atom is 0.411 e. The third-order valence-electron chi connectivity index (χ3n) is 5.83. The lowest BCUT2D eigenvalue weighted by Crippen LogP contribution is -2.41. The molecule has 0 aliphatic carbocycles. The lowest BCUT2D eigenvalue weighted by molar-refractivity contribution is 0.130. The second-order valence-corrected chi connectivity index (χ2v) is 10.3. The van der Waals surface area contributed by atoms with E-state index in [0.29, 0.717) is 16.8 Å². The molecule has 1 heterocycles. The summed E-state index contributed by atoms with van der Waals surface area (Å²) in [7, 11) is 0. The molecule has 0 saturated heterocycles. The minimum Gasteiger partial charge on any atom is -0.447 e. The Kier molecular flexibility index (Phi) is 12.6. The van der Waals surface area contributed by atoms with Crippen LogP contribution in [0.5, 0.6) is 0 Å². The van der Waals surface area contributed by atoms with Crippen LogP contribution in [0.3, 0.4) is 0 Å². The quantitative estimate of drug-likeness (QED) is 0.312. The van der Waals surface area contributed by atoms with Crippen LogP contribution in [-0.2, 0) is 4.74 Å². The molecule has 1 amide bonds. The molecule has 3 aromatic rings. The first kappa shape index (κ1) is 30.8. The number of carbonyl (C=O) groups excluding carboxylic acids is 1. The van der Waals surface area contributed by atoms with Crippen molar-refractivity contribution in [3.8, 4) is 0 Å². The number of carbonyl (C=O) groups is 1. The number of fused-ring (bicyclic) bond motifs is 2. The average molecular weight is 563 g/mol. The third kappa shape index (κ3) is 8.85. The van der Waals surface area contributed by atoms with Crippen LogP contribution < -0.4 is 10.2 Å². The first-order valence-corrected chi connectivity index (χ1v) is 13.6. The van der Waals surface area contributed by atoms with Crippen molar-refractivity contribution in [3.05, 3.63) is 77.8 Å². The first-order valence-electron chi connectivity index (χ1n) is 12.4. The number of nitrogens with one attached hydrogen (secondary N) is 1. The largest absolute Gasteiger partial charge is 0.447 e. The molecule has 0 fully saturated rings. The molecule has 200 valence electrons. The predicted octanol–water partition coefficient (Wildman–Crippen LogP) is 8.74. The topological polar surface area (TPSA) is 44.8 Å². The summed E-state index contributed by atoms with van der Waals surface area (Å²) < 4.78 is 4.90. The van der Waals surface area contributed by atoms with Gasteiger partial charge < -0.3 is 9.64 Å². The Morgan fingerprint density at radius 2 is 1.51 bits per heavy atom. The van der Waals surface area contributed by atoms with E-state index < -0.39 is 6.09 Å². The van der Waals surface area contributed by atoms with Crippen LogP contribution in [0.4, 0.5) is 21.9 Å². The van der Waals surface area contributed by atoms with Crippen LogP contribution in [-0.4, -0.2) is 42.8 Å².